The van der Waals surface area contributed by atoms with E-state index in [-0.39, 0.29) is 6.04 Å². The summed E-state index contributed by atoms with van der Waals surface area (Å²) in [5.74, 6) is 0. The van der Waals surface area contributed by atoms with Crippen molar-refractivity contribution in [1.29, 1.82) is 5.26 Å². The number of hydrazine groups is 1. The Kier molecular flexibility index (Phi) is 4.34. The summed E-state index contributed by atoms with van der Waals surface area (Å²) in [7, 11) is 0. The minimum atomic E-state index is -0.853. The Morgan fingerprint density at radius 2 is 2.00 bits per heavy atom. The molecular formula is C21H22N4O2. The van der Waals surface area contributed by atoms with E-state index in [1.54, 1.807) is 6.07 Å². The van der Waals surface area contributed by atoms with Crippen LogP contribution in [0, 0.1) is 25.2 Å². The zero-order chi connectivity index (χ0) is 19.0. The van der Waals surface area contributed by atoms with E-state index in [1.807, 2.05) is 43.3 Å². The minimum Gasteiger partial charge on any atom is -0.383 e. The fourth-order valence-corrected chi connectivity index (χ4v) is 3.67. The lowest BCUT2D eigenvalue weighted by atomic mass is 10.0. The number of aliphatic hydroxyl groups is 1. The van der Waals surface area contributed by atoms with Crippen LogP contribution in [0.1, 0.15) is 28.6 Å². The summed E-state index contributed by atoms with van der Waals surface area (Å²) in [6.45, 7) is 5.08. The second-order valence-electron chi connectivity index (χ2n) is 7.29. The van der Waals surface area contributed by atoms with Gasteiger partial charge in [-0.25, -0.2) is 0 Å². The number of rotatable bonds is 4. The molecule has 6 heteroatoms. The number of ether oxygens (including phenoxy) is 1. The maximum atomic E-state index is 10.6. The third kappa shape index (κ3) is 3.39. The number of aromatic nitrogens is 1. The predicted molar refractivity (Wildman–Crippen MR) is 102 cm³/mol. The molecule has 1 unspecified atom stereocenters. The van der Waals surface area contributed by atoms with Gasteiger partial charge in [0.15, 0.2) is 0 Å². The third-order valence-electron chi connectivity index (χ3n) is 4.86. The smallest absolute Gasteiger partial charge is 0.130 e. The van der Waals surface area contributed by atoms with Gasteiger partial charge in [-0.3, -0.25) is 15.0 Å². The molecule has 0 amide bonds. The highest BCUT2D eigenvalue weighted by Gasteiger charge is 2.41. The molecule has 1 fully saturated rings. The maximum absolute atomic E-state index is 10.6. The molecule has 1 saturated heterocycles. The van der Waals surface area contributed by atoms with Gasteiger partial charge in [-0.2, -0.15) is 5.26 Å². The second-order valence-corrected chi connectivity index (χ2v) is 7.29. The van der Waals surface area contributed by atoms with E-state index in [4.69, 9.17) is 4.74 Å². The normalized spacial score (nSPS) is 20.4. The Labute approximate surface area is 158 Å². The van der Waals surface area contributed by atoms with Crippen LogP contribution in [0.15, 0.2) is 48.7 Å². The average Bonchev–Trinajstić information content (AvgIpc) is 3.03. The van der Waals surface area contributed by atoms with Crippen molar-refractivity contribution in [2.45, 2.75) is 25.5 Å². The molecule has 0 bridgehead atoms. The molecule has 1 aromatic carbocycles. The molecule has 0 saturated carbocycles. The average molecular weight is 362 g/mol. The van der Waals surface area contributed by atoms with Crippen LogP contribution in [0.2, 0.25) is 0 Å². The molecule has 2 aliphatic heterocycles. The molecule has 0 spiro atoms. The van der Waals surface area contributed by atoms with Crippen molar-refractivity contribution >= 4 is 5.69 Å². The first-order valence-electron chi connectivity index (χ1n) is 8.97. The zero-order valence-corrected chi connectivity index (χ0v) is 15.5. The number of anilines is 1. The number of nitrogens with zero attached hydrogens (tertiary/aromatic N) is 4. The van der Waals surface area contributed by atoms with E-state index in [0.29, 0.717) is 25.3 Å². The van der Waals surface area contributed by atoms with Crippen molar-refractivity contribution in [1.82, 2.24) is 9.99 Å². The monoisotopic (exact) mass is 362 g/mol. The fourth-order valence-electron chi connectivity index (χ4n) is 3.67. The SMILES string of the molecule is Cc1cc(C2C=CN(CC3(O)COC3)N2c2cccc(C#N)c2)cc(C)n1. The first kappa shape index (κ1) is 17.5. The van der Waals surface area contributed by atoms with E-state index in [1.165, 1.54) is 0 Å². The van der Waals surface area contributed by atoms with Crippen molar-refractivity contribution < 1.29 is 9.84 Å². The largest absolute Gasteiger partial charge is 0.383 e. The van der Waals surface area contributed by atoms with Crippen LogP contribution in [0.3, 0.4) is 0 Å². The first-order chi connectivity index (χ1) is 13.0. The molecule has 6 nitrogen and oxygen atoms in total. The van der Waals surface area contributed by atoms with E-state index >= 15 is 0 Å². The zero-order valence-electron chi connectivity index (χ0n) is 15.5. The van der Waals surface area contributed by atoms with Gasteiger partial charge in [0.2, 0.25) is 0 Å². The topological polar surface area (TPSA) is 72.6 Å². The van der Waals surface area contributed by atoms with Gasteiger partial charge in [0, 0.05) is 17.6 Å². The van der Waals surface area contributed by atoms with Crippen LogP contribution in [0.25, 0.3) is 0 Å². The van der Waals surface area contributed by atoms with Crippen LogP contribution in [0.4, 0.5) is 5.69 Å². The molecule has 27 heavy (non-hydrogen) atoms. The van der Waals surface area contributed by atoms with Crippen molar-refractivity contribution in [3.05, 3.63) is 71.2 Å². The molecule has 1 aromatic heterocycles. The Hall–Kier alpha value is -2.88. The molecule has 2 aliphatic rings. The van der Waals surface area contributed by atoms with E-state index in [9.17, 15) is 10.4 Å². The Morgan fingerprint density at radius 1 is 1.26 bits per heavy atom. The second kappa shape index (κ2) is 6.69. The molecular weight excluding hydrogens is 340 g/mol. The molecule has 0 radical (unpaired) electrons. The molecule has 4 rings (SSSR count). The van der Waals surface area contributed by atoms with Crippen LogP contribution in [-0.2, 0) is 4.74 Å². The maximum Gasteiger partial charge on any atom is 0.130 e. The van der Waals surface area contributed by atoms with E-state index in [0.717, 1.165) is 22.6 Å². The van der Waals surface area contributed by atoms with Gasteiger partial charge in [0.1, 0.15) is 5.60 Å². The quantitative estimate of drug-likeness (QED) is 0.901. The molecule has 0 aliphatic carbocycles. The summed E-state index contributed by atoms with van der Waals surface area (Å²) in [5, 5.41) is 24.0. The lowest BCUT2D eigenvalue weighted by Gasteiger charge is -2.43. The Morgan fingerprint density at radius 3 is 2.63 bits per heavy atom. The summed E-state index contributed by atoms with van der Waals surface area (Å²) in [5.41, 5.74) is 3.71. The van der Waals surface area contributed by atoms with Gasteiger partial charge in [0.05, 0.1) is 43.1 Å². The van der Waals surface area contributed by atoms with Crippen molar-refractivity contribution in [2.75, 3.05) is 24.8 Å². The number of pyridine rings is 1. The predicted octanol–water partition coefficient (Wildman–Crippen LogP) is 2.62. The van der Waals surface area contributed by atoms with Gasteiger partial charge in [0.25, 0.3) is 0 Å². The van der Waals surface area contributed by atoms with Gasteiger partial charge in [-0.1, -0.05) is 6.07 Å². The highest BCUT2D eigenvalue weighted by atomic mass is 16.5. The number of β-amino-alcohol motifs (C(OH)–C–C–N with tert-alkyl or cyclic N) is 1. The van der Waals surface area contributed by atoms with Crippen LogP contribution in [0.5, 0.6) is 0 Å². The molecule has 2 aromatic rings. The molecule has 138 valence electrons. The summed E-state index contributed by atoms with van der Waals surface area (Å²) in [6.07, 6.45) is 4.10. The molecule has 1 atom stereocenters. The van der Waals surface area contributed by atoms with Crippen molar-refractivity contribution in [3.8, 4) is 6.07 Å². The summed E-state index contributed by atoms with van der Waals surface area (Å²) in [6, 6.07) is 13.8. The van der Waals surface area contributed by atoms with Gasteiger partial charge >= 0.3 is 0 Å². The standard InChI is InChI=1S/C21H22N4O2/c1-15-8-18(9-16(2)23-15)20-6-7-24(12-21(26)13-27-14-21)25(20)19-5-3-4-17(10-19)11-22/h3-10,20,26H,12-14H2,1-2H3. The van der Waals surface area contributed by atoms with E-state index in [2.05, 4.69) is 34.3 Å². The number of nitriles is 1. The highest BCUT2D eigenvalue weighted by Crippen LogP contribution is 2.36. The van der Waals surface area contributed by atoms with Crippen LogP contribution < -0.4 is 5.01 Å². The van der Waals surface area contributed by atoms with Gasteiger partial charge < -0.3 is 9.84 Å². The lowest BCUT2D eigenvalue weighted by molar-refractivity contribution is -0.184. The summed E-state index contributed by atoms with van der Waals surface area (Å²) < 4.78 is 5.20. The molecule has 3 heterocycles. The fraction of sp³-hybridized carbons (Fsp3) is 0.333. The summed E-state index contributed by atoms with van der Waals surface area (Å²) >= 11 is 0. The van der Waals surface area contributed by atoms with Crippen LogP contribution in [-0.4, -0.2) is 40.5 Å². The number of aryl methyl sites for hydroxylation is 2. The van der Waals surface area contributed by atoms with Gasteiger partial charge in [-0.15, -0.1) is 0 Å². The number of hydrogen-bond acceptors (Lipinski definition) is 6. The highest BCUT2D eigenvalue weighted by molar-refractivity contribution is 5.55. The lowest BCUT2D eigenvalue weighted by Crippen LogP contribution is -2.58. The third-order valence-corrected chi connectivity index (χ3v) is 4.86. The first-order valence-corrected chi connectivity index (χ1v) is 8.97. The molecule has 1 N–H and O–H groups in total. The van der Waals surface area contributed by atoms with Crippen molar-refractivity contribution in [2.24, 2.45) is 0 Å². The minimum absolute atomic E-state index is 0.0380. The number of hydrogen-bond donors (Lipinski definition) is 1. The number of benzene rings is 1. The summed E-state index contributed by atoms with van der Waals surface area (Å²) in [4.78, 5) is 4.48. The van der Waals surface area contributed by atoms with Gasteiger partial charge in [-0.05, 0) is 55.8 Å². The van der Waals surface area contributed by atoms with E-state index < -0.39 is 5.60 Å². The Balaban J connectivity index is 1.73. The van der Waals surface area contributed by atoms with Crippen molar-refractivity contribution in [3.63, 3.8) is 0 Å². The van der Waals surface area contributed by atoms with Crippen LogP contribution >= 0.6 is 0 Å². The Bertz CT molecular complexity index is 910.